The van der Waals surface area contributed by atoms with Gasteiger partial charge in [0.1, 0.15) is 0 Å². The van der Waals surface area contributed by atoms with E-state index in [1.807, 2.05) is 14.0 Å². The average molecular weight is 294 g/mol. The van der Waals surface area contributed by atoms with Gasteiger partial charge in [0, 0.05) is 30.9 Å². The third-order valence-corrected chi connectivity index (χ3v) is 3.25. The molecule has 0 atom stereocenters. The number of hydrogen-bond donors (Lipinski definition) is 1. The molecule has 0 radical (unpaired) electrons. The molecule has 0 aliphatic rings. The van der Waals surface area contributed by atoms with Crippen LogP contribution in [0.5, 0.6) is 0 Å². The van der Waals surface area contributed by atoms with E-state index in [0.717, 1.165) is 37.3 Å². The van der Waals surface area contributed by atoms with E-state index in [2.05, 4.69) is 29.2 Å². The van der Waals surface area contributed by atoms with E-state index in [4.69, 9.17) is 0 Å². The number of hydrogen-bond acceptors (Lipinski definition) is 5. The molecule has 0 amide bonds. The van der Waals surface area contributed by atoms with Gasteiger partial charge in [0.25, 0.3) is 5.69 Å². The lowest BCUT2D eigenvalue weighted by Crippen LogP contribution is -2.24. The van der Waals surface area contributed by atoms with Gasteiger partial charge in [0.15, 0.2) is 0 Å². The molecule has 0 aliphatic heterocycles. The van der Waals surface area contributed by atoms with Gasteiger partial charge in [-0.2, -0.15) is 0 Å². The fraction of sp³-hybridized carbons (Fsp3) is 0.600. The standard InChI is InChI=1S/C15H26N4O2/c1-5-16-15-8-7-14(19(20)21)11-13(15)12-18(4)10-6-9-17(2)3/h7-8,11,16H,5-6,9-10,12H2,1-4H3. The number of nitrogens with zero attached hydrogens (tertiary/aromatic N) is 3. The summed E-state index contributed by atoms with van der Waals surface area (Å²) < 4.78 is 0. The van der Waals surface area contributed by atoms with E-state index in [1.165, 1.54) is 0 Å². The highest BCUT2D eigenvalue weighted by Crippen LogP contribution is 2.23. The maximum Gasteiger partial charge on any atom is 0.269 e. The minimum atomic E-state index is -0.342. The molecule has 0 fully saturated rings. The third kappa shape index (κ3) is 6.10. The van der Waals surface area contributed by atoms with Crippen LogP contribution >= 0.6 is 0 Å². The molecule has 0 unspecified atom stereocenters. The van der Waals surface area contributed by atoms with Crippen molar-refractivity contribution in [2.75, 3.05) is 46.1 Å². The topological polar surface area (TPSA) is 61.7 Å². The van der Waals surface area contributed by atoms with Gasteiger partial charge in [0.05, 0.1) is 4.92 Å². The Morgan fingerprint density at radius 2 is 1.95 bits per heavy atom. The highest BCUT2D eigenvalue weighted by molar-refractivity contribution is 5.56. The predicted octanol–water partition coefficient (Wildman–Crippen LogP) is 2.41. The zero-order valence-electron chi connectivity index (χ0n) is 13.4. The molecule has 21 heavy (non-hydrogen) atoms. The van der Waals surface area contributed by atoms with Crippen molar-refractivity contribution in [3.05, 3.63) is 33.9 Å². The lowest BCUT2D eigenvalue weighted by Gasteiger charge is -2.20. The van der Waals surface area contributed by atoms with Gasteiger partial charge in [-0.3, -0.25) is 10.1 Å². The van der Waals surface area contributed by atoms with Crippen LogP contribution < -0.4 is 5.32 Å². The normalized spacial score (nSPS) is 11.1. The van der Waals surface area contributed by atoms with Crippen LogP contribution in [0.4, 0.5) is 11.4 Å². The van der Waals surface area contributed by atoms with E-state index in [1.54, 1.807) is 18.2 Å². The van der Waals surface area contributed by atoms with Crippen molar-refractivity contribution in [1.82, 2.24) is 9.80 Å². The molecule has 1 rings (SSSR count). The summed E-state index contributed by atoms with van der Waals surface area (Å²) >= 11 is 0. The second kappa shape index (κ2) is 8.59. The fourth-order valence-electron chi connectivity index (χ4n) is 2.21. The molecule has 1 aromatic rings. The Morgan fingerprint density at radius 1 is 1.24 bits per heavy atom. The first kappa shape index (κ1) is 17.4. The van der Waals surface area contributed by atoms with Crippen molar-refractivity contribution in [3.8, 4) is 0 Å². The Morgan fingerprint density at radius 3 is 2.52 bits per heavy atom. The van der Waals surface area contributed by atoms with Crippen LogP contribution in [-0.2, 0) is 6.54 Å². The predicted molar refractivity (Wildman–Crippen MR) is 86.8 cm³/mol. The van der Waals surface area contributed by atoms with Crippen molar-refractivity contribution in [2.45, 2.75) is 19.9 Å². The number of nitro groups is 1. The molecule has 0 bridgehead atoms. The molecule has 1 aromatic carbocycles. The first-order chi connectivity index (χ1) is 9.93. The van der Waals surface area contributed by atoms with Gasteiger partial charge >= 0.3 is 0 Å². The quantitative estimate of drug-likeness (QED) is 0.560. The second-order valence-electron chi connectivity index (χ2n) is 5.52. The van der Waals surface area contributed by atoms with E-state index in [-0.39, 0.29) is 10.6 Å². The molecule has 0 saturated heterocycles. The summed E-state index contributed by atoms with van der Waals surface area (Å²) in [4.78, 5) is 14.9. The second-order valence-corrected chi connectivity index (χ2v) is 5.52. The Balaban J connectivity index is 2.73. The van der Waals surface area contributed by atoms with Crippen LogP contribution in [0.25, 0.3) is 0 Å². The summed E-state index contributed by atoms with van der Waals surface area (Å²) in [6, 6.07) is 5.01. The largest absolute Gasteiger partial charge is 0.385 e. The molecule has 0 saturated carbocycles. The Bertz CT molecular complexity index is 463. The highest BCUT2D eigenvalue weighted by atomic mass is 16.6. The van der Waals surface area contributed by atoms with Crippen molar-refractivity contribution >= 4 is 11.4 Å². The number of anilines is 1. The van der Waals surface area contributed by atoms with Crippen LogP contribution in [0.15, 0.2) is 18.2 Å². The first-order valence-electron chi connectivity index (χ1n) is 7.28. The Kier molecular flexibility index (Phi) is 7.11. The van der Waals surface area contributed by atoms with Crippen LogP contribution in [0.3, 0.4) is 0 Å². The molecule has 6 heteroatoms. The zero-order valence-corrected chi connectivity index (χ0v) is 13.4. The molecule has 1 N–H and O–H groups in total. The lowest BCUT2D eigenvalue weighted by atomic mass is 10.1. The molecule has 0 spiro atoms. The molecular formula is C15H26N4O2. The third-order valence-electron chi connectivity index (χ3n) is 3.25. The Hall–Kier alpha value is -1.66. The highest BCUT2D eigenvalue weighted by Gasteiger charge is 2.12. The smallest absolute Gasteiger partial charge is 0.269 e. The van der Waals surface area contributed by atoms with Crippen LogP contribution in [0, 0.1) is 10.1 Å². The molecule has 0 heterocycles. The number of nitro benzene ring substituents is 1. The van der Waals surface area contributed by atoms with Crippen molar-refractivity contribution in [1.29, 1.82) is 0 Å². The number of rotatable bonds is 9. The zero-order chi connectivity index (χ0) is 15.8. The molecular weight excluding hydrogens is 268 g/mol. The van der Waals surface area contributed by atoms with Crippen LogP contribution in [-0.4, -0.2) is 55.5 Å². The van der Waals surface area contributed by atoms with Crippen LogP contribution in [0.2, 0.25) is 0 Å². The Labute approximate surface area is 126 Å². The first-order valence-corrected chi connectivity index (χ1v) is 7.28. The van der Waals surface area contributed by atoms with Crippen molar-refractivity contribution < 1.29 is 4.92 Å². The van der Waals surface area contributed by atoms with Crippen molar-refractivity contribution in [3.63, 3.8) is 0 Å². The van der Waals surface area contributed by atoms with Gasteiger partial charge in [0.2, 0.25) is 0 Å². The molecule has 0 aromatic heterocycles. The van der Waals surface area contributed by atoms with Gasteiger partial charge in [-0.05, 0) is 59.2 Å². The SMILES string of the molecule is CCNc1ccc([N+](=O)[O-])cc1CN(C)CCCN(C)C. The average Bonchev–Trinajstić information content (AvgIpc) is 2.40. The summed E-state index contributed by atoms with van der Waals surface area (Å²) in [5.41, 5.74) is 2.09. The van der Waals surface area contributed by atoms with E-state index >= 15 is 0 Å². The molecule has 0 aliphatic carbocycles. The van der Waals surface area contributed by atoms with E-state index in [0.29, 0.717) is 6.54 Å². The summed E-state index contributed by atoms with van der Waals surface area (Å²) in [7, 11) is 6.16. The van der Waals surface area contributed by atoms with Gasteiger partial charge in [-0.15, -0.1) is 0 Å². The summed E-state index contributed by atoms with van der Waals surface area (Å²) in [6.07, 6.45) is 1.08. The lowest BCUT2D eigenvalue weighted by molar-refractivity contribution is -0.384. The minimum Gasteiger partial charge on any atom is -0.385 e. The maximum atomic E-state index is 10.9. The summed E-state index contributed by atoms with van der Waals surface area (Å²) in [5.74, 6) is 0. The van der Waals surface area contributed by atoms with Gasteiger partial charge in [-0.1, -0.05) is 0 Å². The number of nitrogens with one attached hydrogen (secondary N) is 1. The fourth-order valence-corrected chi connectivity index (χ4v) is 2.21. The number of non-ortho nitro benzene ring substituents is 1. The maximum absolute atomic E-state index is 10.9. The summed E-state index contributed by atoms with van der Waals surface area (Å²) in [5, 5.41) is 14.2. The van der Waals surface area contributed by atoms with E-state index in [9.17, 15) is 10.1 Å². The van der Waals surface area contributed by atoms with Crippen LogP contribution in [0.1, 0.15) is 18.9 Å². The van der Waals surface area contributed by atoms with E-state index < -0.39 is 0 Å². The minimum absolute atomic E-state index is 0.147. The van der Waals surface area contributed by atoms with Gasteiger partial charge in [-0.25, -0.2) is 0 Å². The van der Waals surface area contributed by atoms with Gasteiger partial charge < -0.3 is 15.1 Å². The summed E-state index contributed by atoms with van der Waals surface area (Å²) in [6.45, 7) is 5.53. The monoisotopic (exact) mass is 294 g/mol. The van der Waals surface area contributed by atoms with Crippen molar-refractivity contribution in [2.24, 2.45) is 0 Å². The number of benzene rings is 1. The molecule has 6 nitrogen and oxygen atoms in total. The molecule has 118 valence electrons.